The number of anilines is 1. The molecule has 0 spiro atoms. The minimum absolute atomic E-state index is 0.117. The van der Waals surface area contributed by atoms with Crippen LogP contribution in [0.5, 0.6) is 5.88 Å². The molecule has 0 radical (unpaired) electrons. The Labute approximate surface area is 114 Å². The third-order valence-electron chi connectivity index (χ3n) is 3.16. The van der Waals surface area contributed by atoms with Crippen molar-refractivity contribution in [3.8, 4) is 5.88 Å². The van der Waals surface area contributed by atoms with E-state index in [4.69, 9.17) is 5.11 Å². The average Bonchev–Trinajstić information content (AvgIpc) is 2.37. The summed E-state index contributed by atoms with van der Waals surface area (Å²) in [5, 5.41) is 9.12. The molecule has 8 heteroatoms. The molecule has 1 aliphatic heterocycles. The molecule has 2 heterocycles. The minimum atomic E-state index is -3.00. The maximum atomic E-state index is 12.3. The van der Waals surface area contributed by atoms with E-state index < -0.39 is 18.5 Å². The number of alkyl halides is 2. The fraction of sp³-hybridized carbons (Fsp3) is 0.583. The van der Waals surface area contributed by atoms with Crippen LogP contribution in [-0.2, 0) is 4.79 Å². The van der Waals surface area contributed by atoms with Crippen LogP contribution in [0.3, 0.4) is 0 Å². The van der Waals surface area contributed by atoms with Crippen molar-refractivity contribution in [1.29, 1.82) is 0 Å². The number of piperidine rings is 1. The molecule has 0 aliphatic carbocycles. The Balaban J connectivity index is 2.23. The summed E-state index contributed by atoms with van der Waals surface area (Å²) in [5.74, 6) is -1.46. The summed E-state index contributed by atoms with van der Waals surface area (Å²) in [4.78, 5) is 20.5. The van der Waals surface area contributed by atoms with E-state index in [-0.39, 0.29) is 24.2 Å². The average molecular weight is 287 g/mol. The number of aliphatic carboxylic acids is 1. The van der Waals surface area contributed by atoms with E-state index in [1.807, 2.05) is 6.92 Å². The van der Waals surface area contributed by atoms with E-state index in [0.717, 1.165) is 0 Å². The van der Waals surface area contributed by atoms with Gasteiger partial charge in [0.25, 0.3) is 5.88 Å². The smallest absolute Gasteiger partial charge is 0.388 e. The molecule has 0 saturated carbocycles. The van der Waals surface area contributed by atoms with Gasteiger partial charge in [-0.15, -0.1) is 0 Å². The number of aromatic nitrogens is 2. The summed E-state index contributed by atoms with van der Waals surface area (Å²) < 4.78 is 29.0. The molecule has 20 heavy (non-hydrogen) atoms. The summed E-state index contributed by atoms with van der Waals surface area (Å²) >= 11 is 0. The first-order valence-electron chi connectivity index (χ1n) is 6.21. The maximum absolute atomic E-state index is 12.3. The van der Waals surface area contributed by atoms with Crippen LogP contribution in [-0.4, -0.2) is 40.7 Å². The first-order valence-corrected chi connectivity index (χ1v) is 6.21. The molecular formula is C12H15F2N3O3. The molecule has 1 saturated heterocycles. The van der Waals surface area contributed by atoms with E-state index in [9.17, 15) is 13.6 Å². The van der Waals surface area contributed by atoms with E-state index in [1.54, 1.807) is 4.90 Å². The third-order valence-corrected chi connectivity index (χ3v) is 3.16. The number of carbonyl (C=O) groups is 1. The third kappa shape index (κ3) is 3.31. The van der Waals surface area contributed by atoms with Crippen LogP contribution in [0.4, 0.5) is 14.6 Å². The first-order chi connectivity index (χ1) is 9.47. The van der Waals surface area contributed by atoms with Crippen molar-refractivity contribution < 1.29 is 23.4 Å². The molecule has 2 unspecified atom stereocenters. The number of carboxylic acid groups (broad SMARTS) is 1. The molecule has 0 bridgehead atoms. The largest absolute Gasteiger partial charge is 0.481 e. The van der Waals surface area contributed by atoms with Gasteiger partial charge in [-0.05, 0) is 12.3 Å². The monoisotopic (exact) mass is 287 g/mol. The quantitative estimate of drug-likeness (QED) is 0.907. The number of halogens is 2. The second-order valence-electron chi connectivity index (χ2n) is 4.84. The normalized spacial score (nSPS) is 22.9. The second kappa shape index (κ2) is 5.98. The Morgan fingerprint density at radius 1 is 1.45 bits per heavy atom. The summed E-state index contributed by atoms with van der Waals surface area (Å²) in [5.41, 5.74) is 0. The van der Waals surface area contributed by atoms with Crippen molar-refractivity contribution >= 4 is 11.8 Å². The van der Waals surface area contributed by atoms with Crippen molar-refractivity contribution in [2.24, 2.45) is 11.8 Å². The topological polar surface area (TPSA) is 75.5 Å². The van der Waals surface area contributed by atoms with Crippen LogP contribution in [0.25, 0.3) is 0 Å². The summed E-state index contributed by atoms with van der Waals surface area (Å²) in [7, 11) is 0. The Kier molecular flexibility index (Phi) is 4.31. The Morgan fingerprint density at radius 3 is 2.80 bits per heavy atom. The van der Waals surface area contributed by atoms with Crippen molar-refractivity contribution in [3.63, 3.8) is 0 Å². The summed E-state index contributed by atoms with van der Waals surface area (Å²) in [6.45, 7) is -0.352. The molecule has 1 N–H and O–H groups in total. The standard InChI is InChI=1S/C12H15F2N3O3/c1-7-4-8(11(18)19)6-17(5-7)9-10(20-12(13)14)16-3-2-15-9/h2-3,7-8,12H,4-6H2,1H3,(H,18,19). The zero-order chi connectivity index (χ0) is 14.7. The molecule has 0 amide bonds. The SMILES string of the molecule is CC1CC(C(=O)O)CN(c2nccnc2OC(F)F)C1. The van der Waals surface area contributed by atoms with Gasteiger partial charge in [0, 0.05) is 25.5 Å². The second-order valence-corrected chi connectivity index (χ2v) is 4.84. The van der Waals surface area contributed by atoms with Gasteiger partial charge >= 0.3 is 12.6 Å². The lowest BCUT2D eigenvalue weighted by Crippen LogP contribution is -2.43. The zero-order valence-corrected chi connectivity index (χ0v) is 10.9. The fourth-order valence-corrected chi connectivity index (χ4v) is 2.41. The predicted octanol–water partition coefficient (Wildman–Crippen LogP) is 1.62. The van der Waals surface area contributed by atoms with Crippen LogP contribution >= 0.6 is 0 Å². The number of ether oxygens (including phenoxy) is 1. The van der Waals surface area contributed by atoms with Gasteiger partial charge < -0.3 is 14.7 Å². The first kappa shape index (κ1) is 14.4. The fourth-order valence-electron chi connectivity index (χ4n) is 2.41. The molecule has 1 aromatic rings. The van der Waals surface area contributed by atoms with Gasteiger partial charge in [0.2, 0.25) is 0 Å². The van der Waals surface area contributed by atoms with Crippen molar-refractivity contribution in [2.45, 2.75) is 20.0 Å². The maximum Gasteiger partial charge on any atom is 0.388 e. The van der Waals surface area contributed by atoms with Crippen LogP contribution in [0.2, 0.25) is 0 Å². The molecule has 0 aromatic carbocycles. The highest BCUT2D eigenvalue weighted by molar-refractivity contribution is 5.71. The number of nitrogens with zero attached hydrogens (tertiary/aromatic N) is 3. The van der Waals surface area contributed by atoms with E-state index in [0.29, 0.717) is 13.0 Å². The van der Waals surface area contributed by atoms with E-state index >= 15 is 0 Å². The van der Waals surface area contributed by atoms with Crippen LogP contribution in [0.15, 0.2) is 12.4 Å². The highest BCUT2D eigenvalue weighted by Gasteiger charge is 2.32. The number of rotatable bonds is 4. The zero-order valence-electron chi connectivity index (χ0n) is 10.9. The van der Waals surface area contributed by atoms with Crippen molar-refractivity contribution in [2.75, 3.05) is 18.0 Å². The lowest BCUT2D eigenvalue weighted by molar-refractivity contribution is -0.142. The Bertz CT molecular complexity index is 487. The van der Waals surface area contributed by atoms with Crippen LogP contribution < -0.4 is 9.64 Å². The number of carboxylic acids is 1. The Hall–Kier alpha value is -1.99. The Morgan fingerprint density at radius 2 is 2.15 bits per heavy atom. The van der Waals surface area contributed by atoms with Gasteiger partial charge in [-0.3, -0.25) is 4.79 Å². The molecule has 6 nitrogen and oxygen atoms in total. The molecule has 1 aliphatic rings. The number of hydrogen-bond donors (Lipinski definition) is 1. The minimum Gasteiger partial charge on any atom is -0.481 e. The van der Waals surface area contributed by atoms with Crippen LogP contribution in [0, 0.1) is 11.8 Å². The molecule has 2 rings (SSSR count). The predicted molar refractivity (Wildman–Crippen MR) is 65.8 cm³/mol. The van der Waals surface area contributed by atoms with Crippen molar-refractivity contribution in [1.82, 2.24) is 9.97 Å². The van der Waals surface area contributed by atoms with Gasteiger partial charge in [-0.1, -0.05) is 6.92 Å². The van der Waals surface area contributed by atoms with Gasteiger partial charge in [0.15, 0.2) is 5.82 Å². The van der Waals surface area contributed by atoms with Gasteiger partial charge in [0.1, 0.15) is 0 Å². The van der Waals surface area contributed by atoms with E-state index in [1.165, 1.54) is 12.4 Å². The van der Waals surface area contributed by atoms with Gasteiger partial charge in [-0.25, -0.2) is 9.97 Å². The lowest BCUT2D eigenvalue weighted by Gasteiger charge is -2.35. The summed E-state index contributed by atoms with van der Waals surface area (Å²) in [6, 6.07) is 0. The molecule has 110 valence electrons. The molecular weight excluding hydrogens is 272 g/mol. The highest BCUT2D eigenvalue weighted by Crippen LogP contribution is 2.30. The van der Waals surface area contributed by atoms with Gasteiger partial charge in [-0.2, -0.15) is 8.78 Å². The van der Waals surface area contributed by atoms with Gasteiger partial charge in [0.05, 0.1) is 5.92 Å². The van der Waals surface area contributed by atoms with Crippen molar-refractivity contribution in [3.05, 3.63) is 12.4 Å². The highest BCUT2D eigenvalue weighted by atomic mass is 19.3. The van der Waals surface area contributed by atoms with E-state index in [2.05, 4.69) is 14.7 Å². The molecule has 1 fully saturated rings. The lowest BCUT2D eigenvalue weighted by atomic mass is 9.90. The van der Waals surface area contributed by atoms with Crippen LogP contribution in [0.1, 0.15) is 13.3 Å². The summed E-state index contributed by atoms with van der Waals surface area (Å²) in [6.07, 6.45) is 3.17. The number of hydrogen-bond acceptors (Lipinski definition) is 5. The molecule has 2 atom stereocenters. The molecule has 1 aromatic heterocycles.